The van der Waals surface area contributed by atoms with Crippen molar-refractivity contribution in [2.24, 2.45) is 0 Å². The molecule has 0 atom stereocenters. The second kappa shape index (κ2) is 6.82. The number of amides is 2. The average Bonchev–Trinajstić information content (AvgIpc) is 3.01. The van der Waals surface area contributed by atoms with Crippen LogP contribution in [-0.4, -0.2) is 12.8 Å². The number of urea groups is 1. The molecule has 0 saturated carbocycles. The third-order valence-corrected chi connectivity index (χ3v) is 3.14. The average molecular weight is 300 g/mol. The molecule has 22 heavy (non-hydrogen) atoms. The van der Waals surface area contributed by atoms with Crippen molar-refractivity contribution in [3.05, 3.63) is 59.7 Å². The molecule has 0 spiro atoms. The number of hydrogen-bond donors (Lipinski definition) is 2. The molecule has 0 bridgehead atoms. The molecule has 0 aliphatic carbocycles. The quantitative estimate of drug-likeness (QED) is 0.832. The Morgan fingerprint density at radius 3 is 2.73 bits per heavy atom. The molecule has 1 aliphatic rings. The molecular formula is C16H16N2O4. The van der Waals surface area contributed by atoms with E-state index < -0.39 is 6.03 Å². The van der Waals surface area contributed by atoms with Crippen LogP contribution < -0.4 is 20.3 Å². The van der Waals surface area contributed by atoms with Crippen molar-refractivity contribution in [3.8, 4) is 11.5 Å². The first-order valence-electron chi connectivity index (χ1n) is 6.89. The number of hydrogen-bond acceptors (Lipinski definition) is 4. The predicted molar refractivity (Wildman–Crippen MR) is 79.2 cm³/mol. The Bertz CT molecular complexity index is 646. The highest BCUT2D eigenvalue weighted by Crippen LogP contribution is 2.32. The Morgan fingerprint density at radius 1 is 1.05 bits per heavy atom. The lowest BCUT2D eigenvalue weighted by atomic mass is 10.2. The Morgan fingerprint density at radius 2 is 1.86 bits per heavy atom. The summed E-state index contributed by atoms with van der Waals surface area (Å²) in [6.45, 7) is 0.926. The van der Waals surface area contributed by atoms with Gasteiger partial charge in [-0.2, -0.15) is 0 Å². The van der Waals surface area contributed by atoms with E-state index in [4.69, 9.17) is 14.3 Å². The Balaban J connectivity index is 1.41. The van der Waals surface area contributed by atoms with Gasteiger partial charge in [-0.05, 0) is 23.3 Å². The summed E-state index contributed by atoms with van der Waals surface area (Å²) in [5, 5.41) is 2.70. The van der Waals surface area contributed by atoms with Crippen LogP contribution >= 0.6 is 0 Å². The summed E-state index contributed by atoms with van der Waals surface area (Å²) in [6.07, 6.45) is 0. The molecule has 0 aromatic heterocycles. The molecule has 2 aromatic carbocycles. The molecule has 0 radical (unpaired) electrons. The zero-order valence-corrected chi connectivity index (χ0v) is 11.9. The van der Waals surface area contributed by atoms with E-state index in [9.17, 15) is 4.79 Å². The van der Waals surface area contributed by atoms with E-state index in [2.05, 4.69) is 10.8 Å². The second-order valence-corrected chi connectivity index (χ2v) is 4.75. The summed E-state index contributed by atoms with van der Waals surface area (Å²) in [5.74, 6) is 1.42. The fourth-order valence-electron chi connectivity index (χ4n) is 2.03. The predicted octanol–water partition coefficient (Wildman–Crippen LogP) is 2.35. The number of carbonyl (C=O) groups excluding carboxylic acids is 1. The number of rotatable bonds is 5. The molecule has 6 heteroatoms. The number of benzene rings is 2. The molecule has 0 saturated heterocycles. The van der Waals surface area contributed by atoms with Gasteiger partial charge in [0.15, 0.2) is 11.5 Å². The summed E-state index contributed by atoms with van der Waals surface area (Å²) in [5.41, 5.74) is 4.25. The van der Waals surface area contributed by atoms with Crippen LogP contribution in [0.5, 0.6) is 11.5 Å². The Hall–Kier alpha value is -2.73. The van der Waals surface area contributed by atoms with Crippen LogP contribution in [0.1, 0.15) is 11.1 Å². The first kappa shape index (κ1) is 14.2. The molecule has 3 rings (SSSR count). The van der Waals surface area contributed by atoms with Crippen LogP contribution in [0.2, 0.25) is 0 Å². The van der Waals surface area contributed by atoms with E-state index in [1.54, 1.807) is 0 Å². The molecule has 1 heterocycles. The molecule has 1 aliphatic heterocycles. The first-order chi connectivity index (χ1) is 10.8. The molecule has 114 valence electrons. The van der Waals surface area contributed by atoms with Gasteiger partial charge in [0.1, 0.15) is 0 Å². The van der Waals surface area contributed by atoms with Gasteiger partial charge in [-0.1, -0.05) is 36.4 Å². The van der Waals surface area contributed by atoms with E-state index in [-0.39, 0.29) is 6.79 Å². The van der Waals surface area contributed by atoms with E-state index in [0.717, 1.165) is 16.9 Å². The summed E-state index contributed by atoms with van der Waals surface area (Å²) in [6, 6.07) is 14.7. The monoisotopic (exact) mass is 300 g/mol. The standard InChI is InChI=1S/C16H16N2O4/c19-16(18-22-10-12-4-2-1-3-5-12)17-9-13-6-7-14-15(8-13)21-11-20-14/h1-8H,9-11H2,(H2,17,18,19). The van der Waals surface area contributed by atoms with Gasteiger partial charge in [-0.25, -0.2) is 10.3 Å². The van der Waals surface area contributed by atoms with Crippen molar-refractivity contribution >= 4 is 6.03 Å². The number of ether oxygens (including phenoxy) is 2. The Kier molecular flexibility index (Phi) is 4.41. The summed E-state index contributed by atoms with van der Waals surface area (Å²) in [7, 11) is 0. The molecule has 2 amide bonds. The topological polar surface area (TPSA) is 68.8 Å². The summed E-state index contributed by atoms with van der Waals surface area (Å²) < 4.78 is 10.5. The normalized spacial score (nSPS) is 12.0. The van der Waals surface area contributed by atoms with E-state index in [1.807, 2.05) is 48.5 Å². The van der Waals surface area contributed by atoms with Gasteiger partial charge >= 0.3 is 6.03 Å². The van der Waals surface area contributed by atoms with Gasteiger partial charge in [0.05, 0.1) is 6.61 Å². The largest absolute Gasteiger partial charge is 0.454 e. The second-order valence-electron chi connectivity index (χ2n) is 4.75. The summed E-state index contributed by atoms with van der Waals surface area (Å²) in [4.78, 5) is 16.8. The maximum absolute atomic E-state index is 11.6. The highest BCUT2D eigenvalue weighted by Gasteiger charge is 2.13. The van der Waals surface area contributed by atoms with E-state index >= 15 is 0 Å². The van der Waals surface area contributed by atoms with Gasteiger partial charge in [0.25, 0.3) is 0 Å². The van der Waals surface area contributed by atoms with Crippen LogP contribution in [0.15, 0.2) is 48.5 Å². The lowest BCUT2D eigenvalue weighted by Crippen LogP contribution is -2.34. The van der Waals surface area contributed by atoms with Crippen molar-refractivity contribution in [2.45, 2.75) is 13.2 Å². The first-order valence-corrected chi connectivity index (χ1v) is 6.89. The molecule has 0 fully saturated rings. The van der Waals surface area contributed by atoms with Crippen molar-refractivity contribution in [2.75, 3.05) is 6.79 Å². The lowest BCUT2D eigenvalue weighted by molar-refractivity contribution is 0.0490. The Labute approximate surface area is 127 Å². The summed E-state index contributed by atoms with van der Waals surface area (Å²) >= 11 is 0. The fourth-order valence-corrected chi connectivity index (χ4v) is 2.03. The highest BCUT2D eigenvalue weighted by atomic mass is 16.7. The molecule has 0 unspecified atom stereocenters. The minimum Gasteiger partial charge on any atom is -0.454 e. The van der Waals surface area contributed by atoms with Gasteiger partial charge in [-0.15, -0.1) is 0 Å². The zero-order chi connectivity index (χ0) is 15.2. The third kappa shape index (κ3) is 3.67. The molecular weight excluding hydrogens is 284 g/mol. The number of nitrogens with one attached hydrogen (secondary N) is 2. The minimum absolute atomic E-state index is 0.236. The number of fused-ring (bicyclic) bond motifs is 1. The molecule has 2 aromatic rings. The van der Waals surface area contributed by atoms with Crippen LogP contribution in [0.4, 0.5) is 4.79 Å². The van der Waals surface area contributed by atoms with Crippen LogP contribution in [0.3, 0.4) is 0 Å². The number of carbonyl (C=O) groups is 1. The maximum Gasteiger partial charge on any atom is 0.338 e. The highest BCUT2D eigenvalue weighted by molar-refractivity contribution is 5.72. The molecule has 6 nitrogen and oxygen atoms in total. The van der Waals surface area contributed by atoms with Gasteiger partial charge in [0.2, 0.25) is 6.79 Å². The van der Waals surface area contributed by atoms with Crippen LogP contribution in [-0.2, 0) is 18.0 Å². The van der Waals surface area contributed by atoms with Gasteiger partial charge < -0.3 is 14.8 Å². The lowest BCUT2D eigenvalue weighted by Gasteiger charge is -2.08. The van der Waals surface area contributed by atoms with Crippen LogP contribution in [0.25, 0.3) is 0 Å². The SMILES string of the molecule is O=C(NCc1ccc2c(c1)OCO2)NOCc1ccccc1. The van der Waals surface area contributed by atoms with E-state index in [0.29, 0.717) is 18.9 Å². The maximum atomic E-state index is 11.6. The number of hydroxylamine groups is 1. The van der Waals surface area contributed by atoms with Gasteiger partial charge in [-0.3, -0.25) is 4.84 Å². The van der Waals surface area contributed by atoms with Crippen molar-refractivity contribution in [3.63, 3.8) is 0 Å². The zero-order valence-electron chi connectivity index (χ0n) is 11.9. The van der Waals surface area contributed by atoms with Crippen molar-refractivity contribution in [1.29, 1.82) is 0 Å². The minimum atomic E-state index is -0.395. The van der Waals surface area contributed by atoms with Crippen molar-refractivity contribution in [1.82, 2.24) is 10.8 Å². The van der Waals surface area contributed by atoms with E-state index in [1.165, 1.54) is 0 Å². The van der Waals surface area contributed by atoms with Crippen molar-refractivity contribution < 1.29 is 19.1 Å². The molecule has 2 N–H and O–H groups in total. The smallest absolute Gasteiger partial charge is 0.338 e. The van der Waals surface area contributed by atoms with Crippen LogP contribution in [0, 0.1) is 0 Å². The van der Waals surface area contributed by atoms with Gasteiger partial charge in [0, 0.05) is 6.54 Å². The third-order valence-electron chi connectivity index (χ3n) is 3.14. The fraction of sp³-hybridized carbons (Fsp3) is 0.188.